The fourth-order valence-corrected chi connectivity index (χ4v) is 5.11. The zero-order chi connectivity index (χ0) is 19.7. The SMILES string of the molecule is COc1cc([C@@H]2[C@H]3CCCC[C@@]3(O)CCN2Cc2cccc(F)c2)ccc1O. The Hall–Kier alpha value is -2.11. The summed E-state index contributed by atoms with van der Waals surface area (Å²) in [6.45, 7) is 1.37. The summed E-state index contributed by atoms with van der Waals surface area (Å²) in [4.78, 5) is 2.34. The van der Waals surface area contributed by atoms with Crippen LogP contribution in [-0.2, 0) is 6.54 Å². The second kappa shape index (κ2) is 7.72. The van der Waals surface area contributed by atoms with E-state index in [-0.39, 0.29) is 23.5 Å². The summed E-state index contributed by atoms with van der Waals surface area (Å²) in [6.07, 6.45) is 4.69. The van der Waals surface area contributed by atoms with E-state index in [0.29, 0.717) is 12.3 Å². The molecule has 5 heteroatoms. The summed E-state index contributed by atoms with van der Waals surface area (Å²) in [5.74, 6) is 0.426. The molecule has 3 atom stereocenters. The van der Waals surface area contributed by atoms with Gasteiger partial charge >= 0.3 is 0 Å². The maximum Gasteiger partial charge on any atom is 0.160 e. The van der Waals surface area contributed by atoms with Crippen LogP contribution in [0.25, 0.3) is 0 Å². The van der Waals surface area contributed by atoms with E-state index >= 15 is 0 Å². The van der Waals surface area contributed by atoms with Crippen molar-refractivity contribution >= 4 is 0 Å². The molecule has 0 radical (unpaired) electrons. The molecular weight excluding hydrogens is 357 g/mol. The molecule has 1 saturated carbocycles. The highest BCUT2D eigenvalue weighted by Gasteiger charge is 2.48. The zero-order valence-electron chi connectivity index (χ0n) is 16.3. The van der Waals surface area contributed by atoms with E-state index in [1.807, 2.05) is 18.2 Å². The van der Waals surface area contributed by atoms with Gasteiger partial charge in [-0.1, -0.05) is 31.0 Å². The molecule has 2 aliphatic rings. The number of aliphatic hydroxyl groups is 1. The third-order valence-electron chi connectivity index (χ3n) is 6.49. The Morgan fingerprint density at radius 3 is 2.82 bits per heavy atom. The van der Waals surface area contributed by atoms with Gasteiger partial charge in [-0.25, -0.2) is 4.39 Å². The largest absolute Gasteiger partial charge is 0.504 e. The minimum atomic E-state index is -0.660. The van der Waals surface area contributed by atoms with E-state index in [2.05, 4.69) is 4.90 Å². The van der Waals surface area contributed by atoms with Gasteiger partial charge in [0.15, 0.2) is 11.5 Å². The molecular formula is C23H28FNO3. The maximum atomic E-state index is 13.7. The quantitative estimate of drug-likeness (QED) is 0.819. The monoisotopic (exact) mass is 385 g/mol. The van der Waals surface area contributed by atoms with Gasteiger partial charge in [0.2, 0.25) is 0 Å². The Bertz CT molecular complexity index is 842. The van der Waals surface area contributed by atoms with E-state index in [9.17, 15) is 14.6 Å². The van der Waals surface area contributed by atoms with E-state index in [1.54, 1.807) is 25.3 Å². The number of methoxy groups -OCH3 is 1. The van der Waals surface area contributed by atoms with Crippen molar-refractivity contribution in [1.82, 2.24) is 4.90 Å². The van der Waals surface area contributed by atoms with Crippen molar-refractivity contribution in [2.24, 2.45) is 5.92 Å². The fraction of sp³-hybridized carbons (Fsp3) is 0.478. The molecule has 2 N–H and O–H groups in total. The number of ether oxygens (including phenoxy) is 1. The van der Waals surface area contributed by atoms with Crippen LogP contribution in [0.2, 0.25) is 0 Å². The first kappa shape index (κ1) is 19.2. The third-order valence-corrected chi connectivity index (χ3v) is 6.49. The van der Waals surface area contributed by atoms with Gasteiger partial charge in [0, 0.05) is 25.0 Å². The molecule has 0 amide bonds. The second-order valence-electron chi connectivity index (χ2n) is 8.18. The van der Waals surface area contributed by atoms with E-state index in [1.165, 1.54) is 6.07 Å². The average Bonchev–Trinajstić information content (AvgIpc) is 2.69. The molecule has 2 aromatic rings. The van der Waals surface area contributed by atoms with Crippen LogP contribution < -0.4 is 4.74 Å². The van der Waals surface area contributed by atoms with Gasteiger partial charge in [0.05, 0.1) is 12.7 Å². The highest BCUT2D eigenvalue weighted by Crippen LogP contribution is 2.50. The molecule has 0 bridgehead atoms. The predicted molar refractivity (Wildman–Crippen MR) is 106 cm³/mol. The maximum absolute atomic E-state index is 13.7. The van der Waals surface area contributed by atoms with Crippen LogP contribution in [0.3, 0.4) is 0 Å². The first-order valence-corrected chi connectivity index (χ1v) is 10.1. The number of phenolic OH excluding ortho intramolecular Hbond substituents is 1. The summed E-state index contributed by atoms with van der Waals surface area (Å²) >= 11 is 0. The van der Waals surface area contributed by atoms with Crippen molar-refractivity contribution in [3.8, 4) is 11.5 Å². The number of aromatic hydroxyl groups is 1. The van der Waals surface area contributed by atoms with Crippen molar-refractivity contribution in [3.05, 3.63) is 59.4 Å². The third kappa shape index (κ3) is 3.61. The first-order valence-electron chi connectivity index (χ1n) is 10.1. The zero-order valence-corrected chi connectivity index (χ0v) is 16.3. The van der Waals surface area contributed by atoms with Gasteiger partial charge < -0.3 is 14.9 Å². The highest BCUT2D eigenvalue weighted by atomic mass is 19.1. The van der Waals surface area contributed by atoms with Crippen molar-refractivity contribution in [3.63, 3.8) is 0 Å². The van der Waals surface area contributed by atoms with Crippen LogP contribution >= 0.6 is 0 Å². The van der Waals surface area contributed by atoms with Gasteiger partial charge in [-0.3, -0.25) is 4.90 Å². The number of hydrogen-bond acceptors (Lipinski definition) is 4. The second-order valence-corrected chi connectivity index (χ2v) is 8.18. The number of nitrogens with zero attached hydrogens (tertiary/aromatic N) is 1. The number of hydrogen-bond donors (Lipinski definition) is 2. The van der Waals surface area contributed by atoms with Crippen molar-refractivity contribution in [1.29, 1.82) is 0 Å². The van der Waals surface area contributed by atoms with Crippen LogP contribution in [0, 0.1) is 11.7 Å². The molecule has 1 saturated heterocycles. The van der Waals surface area contributed by atoms with Crippen LogP contribution in [0.15, 0.2) is 42.5 Å². The molecule has 150 valence electrons. The minimum absolute atomic E-state index is 0.00295. The molecule has 1 aliphatic heterocycles. The number of piperidine rings is 1. The standard InChI is InChI=1S/C23H28FNO3/c1-28-21-14-17(8-9-20(21)26)22-19-7-2-3-10-23(19,27)11-12-25(22)15-16-5-4-6-18(24)13-16/h4-6,8-9,13-14,19,22,26-27H,2-3,7,10-12,15H2,1H3/t19-,22-,23-/m1/s1. The van der Waals surface area contributed by atoms with Crippen LogP contribution in [-0.4, -0.2) is 34.4 Å². The Labute approximate surface area is 165 Å². The van der Waals surface area contributed by atoms with E-state index in [4.69, 9.17) is 4.74 Å². The molecule has 1 aliphatic carbocycles. The Morgan fingerprint density at radius 1 is 1.18 bits per heavy atom. The molecule has 4 nitrogen and oxygen atoms in total. The fourth-order valence-electron chi connectivity index (χ4n) is 5.11. The molecule has 4 rings (SSSR count). The Morgan fingerprint density at radius 2 is 2.04 bits per heavy atom. The van der Waals surface area contributed by atoms with E-state index in [0.717, 1.165) is 49.8 Å². The van der Waals surface area contributed by atoms with Gasteiger partial charge in [-0.2, -0.15) is 0 Å². The number of fused-ring (bicyclic) bond motifs is 1. The number of phenols is 1. The topological polar surface area (TPSA) is 52.9 Å². The smallest absolute Gasteiger partial charge is 0.160 e. The van der Waals surface area contributed by atoms with Gasteiger partial charge in [-0.15, -0.1) is 0 Å². The average molecular weight is 385 g/mol. The van der Waals surface area contributed by atoms with Crippen molar-refractivity contribution < 1.29 is 19.3 Å². The summed E-state index contributed by atoms with van der Waals surface area (Å²) in [5, 5.41) is 21.4. The van der Waals surface area contributed by atoms with Crippen LogP contribution in [0.5, 0.6) is 11.5 Å². The molecule has 0 unspecified atom stereocenters. The van der Waals surface area contributed by atoms with E-state index < -0.39 is 5.60 Å². The molecule has 1 heterocycles. The van der Waals surface area contributed by atoms with Crippen molar-refractivity contribution in [2.75, 3.05) is 13.7 Å². The number of benzene rings is 2. The molecule has 0 aromatic heterocycles. The lowest BCUT2D eigenvalue weighted by Crippen LogP contribution is -2.54. The van der Waals surface area contributed by atoms with Crippen LogP contribution in [0.1, 0.15) is 49.3 Å². The summed E-state index contributed by atoms with van der Waals surface area (Å²) in [5.41, 5.74) is 1.29. The number of likely N-dealkylation sites (tertiary alicyclic amines) is 1. The van der Waals surface area contributed by atoms with Gasteiger partial charge in [0.1, 0.15) is 5.82 Å². The number of rotatable bonds is 4. The lowest BCUT2D eigenvalue weighted by molar-refractivity contribution is -0.126. The summed E-state index contributed by atoms with van der Waals surface area (Å²) in [7, 11) is 1.54. The normalized spacial score (nSPS) is 28.0. The first-order chi connectivity index (χ1) is 13.5. The van der Waals surface area contributed by atoms with Gasteiger partial charge in [0.25, 0.3) is 0 Å². The molecule has 28 heavy (non-hydrogen) atoms. The predicted octanol–water partition coefficient (Wildman–Crippen LogP) is 4.41. The lowest BCUT2D eigenvalue weighted by atomic mass is 9.66. The minimum Gasteiger partial charge on any atom is -0.504 e. The molecule has 2 fully saturated rings. The van der Waals surface area contributed by atoms with Gasteiger partial charge in [-0.05, 0) is 54.7 Å². The molecule has 0 spiro atoms. The number of halogens is 1. The molecule has 2 aromatic carbocycles. The lowest BCUT2D eigenvalue weighted by Gasteiger charge is -2.52. The summed E-state index contributed by atoms with van der Waals surface area (Å²) < 4.78 is 19.0. The Kier molecular flexibility index (Phi) is 5.30. The summed E-state index contributed by atoms with van der Waals surface area (Å²) in [6, 6.07) is 12.2. The highest BCUT2D eigenvalue weighted by molar-refractivity contribution is 5.43. The van der Waals surface area contributed by atoms with Crippen molar-refractivity contribution in [2.45, 2.75) is 50.3 Å². The Balaban J connectivity index is 1.72. The van der Waals surface area contributed by atoms with Crippen LogP contribution in [0.4, 0.5) is 4.39 Å².